The van der Waals surface area contributed by atoms with Gasteiger partial charge in [-0.1, -0.05) is 0 Å². The number of benzene rings is 1. The molecule has 9 heteroatoms. The second-order valence-electron chi connectivity index (χ2n) is 7.87. The molecule has 1 saturated carbocycles. The first-order valence-corrected chi connectivity index (χ1v) is 9.34. The van der Waals surface area contributed by atoms with Crippen molar-refractivity contribution in [3.63, 3.8) is 0 Å². The van der Waals surface area contributed by atoms with Gasteiger partial charge in [-0.15, -0.1) is 0 Å². The first kappa shape index (κ1) is 22.2. The topological polar surface area (TPSA) is 114 Å². The predicted octanol–water partition coefficient (Wildman–Crippen LogP) is 1.93. The minimum absolute atomic E-state index is 0.0854. The van der Waals surface area contributed by atoms with Crippen LogP contribution in [0.1, 0.15) is 44.0 Å². The van der Waals surface area contributed by atoms with Crippen molar-refractivity contribution in [1.29, 1.82) is 0 Å². The Morgan fingerprint density at radius 1 is 1.10 bits per heavy atom. The molecule has 2 N–H and O–H groups in total. The third kappa shape index (κ3) is 8.20. The lowest BCUT2D eigenvalue weighted by atomic mass is 10.2. The van der Waals surface area contributed by atoms with Crippen molar-refractivity contribution >= 4 is 29.6 Å². The molecule has 0 bridgehead atoms. The number of nitrogens with one attached hydrogen (secondary N) is 2. The average Bonchev–Trinajstić information content (AvgIpc) is 3.41. The fourth-order valence-corrected chi connectivity index (χ4v) is 2.24. The van der Waals surface area contributed by atoms with Gasteiger partial charge >= 0.3 is 12.1 Å². The summed E-state index contributed by atoms with van der Waals surface area (Å²) in [6.07, 6.45) is 1.33. The van der Waals surface area contributed by atoms with E-state index < -0.39 is 30.2 Å². The molecule has 1 fully saturated rings. The van der Waals surface area contributed by atoms with E-state index in [9.17, 15) is 19.2 Å². The van der Waals surface area contributed by atoms with Gasteiger partial charge in [-0.2, -0.15) is 0 Å². The zero-order valence-electron chi connectivity index (χ0n) is 17.1. The van der Waals surface area contributed by atoms with Gasteiger partial charge in [-0.05, 0) is 57.9 Å². The highest BCUT2D eigenvalue weighted by Crippen LogP contribution is 2.18. The summed E-state index contributed by atoms with van der Waals surface area (Å²) in [6, 6.07) is 6.20. The second kappa shape index (κ2) is 9.40. The number of rotatable bonds is 7. The van der Waals surface area contributed by atoms with E-state index in [1.54, 1.807) is 20.8 Å². The Labute approximate surface area is 169 Å². The molecule has 0 atom stereocenters. The zero-order chi connectivity index (χ0) is 21.6. The van der Waals surface area contributed by atoms with Gasteiger partial charge in [0.2, 0.25) is 5.91 Å². The molecule has 3 amide bonds. The number of carbonyl (C=O) groups excluding carboxylic acids is 4. The van der Waals surface area contributed by atoms with Gasteiger partial charge in [0.05, 0.1) is 12.1 Å². The van der Waals surface area contributed by atoms with Crippen molar-refractivity contribution < 1.29 is 28.7 Å². The quantitative estimate of drug-likeness (QED) is 0.670. The highest BCUT2D eigenvalue weighted by Gasteiger charge is 2.24. The van der Waals surface area contributed by atoms with Crippen LogP contribution in [0.2, 0.25) is 0 Å². The number of carbonyl (C=O) groups is 4. The number of anilines is 1. The third-order valence-corrected chi connectivity index (χ3v) is 3.84. The first-order chi connectivity index (χ1) is 13.5. The summed E-state index contributed by atoms with van der Waals surface area (Å²) in [4.78, 5) is 48.7. The smallest absolute Gasteiger partial charge is 0.412 e. The van der Waals surface area contributed by atoms with Gasteiger partial charge in [0.15, 0.2) is 6.61 Å². The summed E-state index contributed by atoms with van der Waals surface area (Å²) in [7, 11) is 1.47. The number of hydrogen-bond donors (Lipinski definition) is 2. The molecule has 0 spiro atoms. The molecular weight excluding hydrogens is 378 g/mol. The fraction of sp³-hybridized carbons (Fsp3) is 0.500. The van der Waals surface area contributed by atoms with Gasteiger partial charge in [0, 0.05) is 18.8 Å². The number of amides is 3. The van der Waals surface area contributed by atoms with Gasteiger partial charge in [-0.25, -0.2) is 9.59 Å². The lowest BCUT2D eigenvalue weighted by molar-refractivity contribution is -0.137. The number of esters is 1. The minimum Gasteiger partial charge on any atom is -0.452 e. The molecule has 29 heavy (non-hydrogen) atoms. The van der Waals surface area contributed by atoms with Crippen molar-refractivity contribution in [1.82, 2.24) is 10.2 Å². The van der Waals surface area contributed by atoms with E-state index in [-0.39, 0.29) is 24.1 Å². The monoisotopic (exact) mass is 405 g/mol. The molecule has 0 aromatic heterocycles. The summed E-state index contributed by atoms with van der Waals surface area (Å²) in [5.41, 5.74) is 0.0569. The molecule has 158 valence electrons. The Hall–Kier alpha value is -3.10. The number of likely N-dealkylation sites (N-methyl/N-ethyl adjacent to an activating group) is 1. The molecule has 1 aliphatic rings. The van der Waals surface area contributed by atoms with Crippen molar-refractivity contribution in [3.8, 4) is 0 Å². The number of nitrogens with zero attached hydrogens (tertiary/aromatic N) is 1. The Morgan fingerprint density at radius 2 is 1.72 bits per heavy atom. The maximum absolute atomic E-state index is 12.1. The van der Waals surface area contributed by atoms with Crippen LogP contribution >= 0.6 is 0 Å². The van der Waals surface area contributed by atoms with Gasteiger partial charge in [0.25, 0.3) is 5.91 Å². The predicted molar refractivity (Wildman–Crippen MR) is 105 cm³/mol. The minimum atomic E-state index is -0.682. The summed E-state index contributed by atoms with van der Waals surface area (Å²) >= 11 is 0. The molecule has 0 radical (unpaired) electrons. The molecule has 2 rings (SSSR count). The number of ether oxygens (including phenoxy) is 2. The summed E-state index contributed by atoms with van der Waals surface area (Å²) in [6.45, 7) is 4.71. The molecule has 0 unspecified atom stereocenters. The molecule has 0 saturated heterocycles. The Morgan fingerprint density at radius 3 is 2.28 bits per heavy atom. The molecule has 1 aromatic rings. The van der Waals surface area contributed by atoms with Gasteiger partial charge < -0.3 is 19.7 Å². The summed E-state index contributed by atoms with van der Waals surface area (Å²) in [5, 5.41) is 5.34. The van der Waals surface area contributed by atoms with Crippen molar-refractivity contribution in [2.45, 2.75) is 45.3 Å². The van der Waals surface area contributed by atoms with Crippen LogP contribution in [-0.2, 0) is 19.1 Å². The van der Waals surface area contributed by atoms with Crippen LogP contribution in [0.15, 0.2) is 24.3 Å². The van der Waals surface area contributed by atoms with E-state index in [0.717, 1.165) is 12.8 Å². The van der Waals surface area contributed by atoms with Crippen LogP contribution in [0, 0.1) is 0 Å². The third-order valence-electron chi connectivity index (χ3n) is 3.84. The van der Waals surface area contributed by atoms with Crippen LogP contribution in [0.25, 0.3) is 0 Å². The molecule has 9 nitrogen and oxygen atoms in total. The van der Waals surface area contributed by atoms with Gasteiger partial charge in [0.1, 0.15) is 5.60 Å². The molecule has 0 heterocycles. The van der Waals surface area contributed by atoms with Crippen LogP contribution < -0.4 is 10.6 Å². The zero-order valence-corrected chi connectivity index (χ0v) is 17.1. The molecular formula is C20H27N3O6. The average molecular weight is 405 g/mol. The SMILES string of the molecule is CN(CC(=O)NC1CC1)C(=O)COC(=O)c1ccc(NC(=O)OC(C)(C)C)cc1. The standard InChI is InChI=1S/C20H27N3O6/c1-20(2,3)29-19(27)22-15-7-5-13(6-8-15)18(26)28-12-17(25)23(4)11-16(24)21-14-9-10-14/h5-8,14H,9-12H2,1-4H3,(H,21,24)(H,22,27). The van der Waals surface area contributed by atoms with Crippen LogP contribution in [0.5, 0.6) is 0 Å². The molecule has 1 aliphatic carbocycles. The fourth-order valence-electron chi connectivity index (χ4n) is 2.24. The van der Waals surface area contributed by atoms with Crippen molar-refractivity contribution in [2.24, 2.45) is 0 Å². The highest BCUT2D eigenvalue weighted by molar-refractivity contribution is 5.93. The van der Waals surface area contributed by atoms with Crippen LogP contribution in [-0.4, -0.2) is 60.6 Å². The van der Waals surface area contributed by atoms with E-state index in [1.807, 2.05) is 0 Å². The maximum Gasteiger partial charge on any atom is 0.412 e. The lowest BCUT2D eigenvalue weighted by Gasteiger charge is -2.19. The largest absolute Gasteiger partial charge is 0.452 e. The van der Waals surface area contributed by atoms with Gasteiger partial charge in [-0.3, -0.25) is 14.9 Å². The second-order valence-corrected chi connectivity index (χ2v) is 7.87. The molecule has 1 aromatic carbocycles. The van der Waals surface area contributed by atoms with E-state index >= 15 is 0 Å². The van der Waals surface area contributed by atoms with E-state index in [0.29, 0.717) is 5.69 Å². The summed E-state index contributed by atoms with van der Waals surface area (Å²) in [5.74, 6) is -1.40. The Balaban J connectivity index is 1.77. The van der Waals surface area contributed by atoms with E-state index in [4.69, 9.17) is 9.47 Å². The number of hydrogen-bond acceptors (Lipinski definition) is 6. The van der Waals surface area contributed by atoms with Crippen LogP contribution in [0.3, 0.4) is 0 Å². The highest BCUT2D eigenvalue weighted by atomic mass is 16.6. The van der Waals surface area contributed by atoms with E-state index in [1.165, 1.54) is 36.2 Å². The Bertz CT molecular complexity index is 765. The van der Waals surface area contributed by atoms with Crippen molar-refractivity contribution in [2.75, 3.05) is 25.5 Å². The Kier molecular flexibility index (Phi) is 7.19. The lowest BCUT2D eigenvalue weighted by Crippen LogP contribution is -2.40. The maximum atomic E-state index is 12.1. The summed E-state index contributed by atoms with van der Waals surface area (Å²) < 4.78 is 10.1. The van der Waals surface area contributed by atoms with Crippen LogP contribution in [0.4, 0.5) is 10.5 Å². The normalized spacial score (nSPS) is 13.2. The van der Waals surface area contributed by atoms with Crippen molar-refractivity contribution in [3.05, 3.63) is 29.8 Å². The molecule has 0 aliphatic heterocycles. The van der Waals surface area contributed by atoms with E-state index in [2.05, 4.69) is 10.6 Å². The first-order valence-electron chi connectivity index (χ1n) is 9.34.